The Kier molecular flexibility index (Phi) is 10.3. The molecule has 2 amide bonds. The van der Waals surface area contributed by atoms with Crippen molar-refractivity contribution in [1.29, 1.82) is 0 Å². The van der Waals surface area contributed by atoms with Gasteiger partial charge in [-0.15, -0.1) is 0 Å². The molecule has 3 rings (SSSR count). The third-order valence-electron chi connectivity index (χ3n) is 6.65. The SMILES string of the molecule is CC[C@H](C(=O)NC1CCCC1)N(Cc1ccccc1Cl)C(=O)CCCN(c1ccc(F)cc1)S(C)(=O)=O. The van der Waals surface area contributed by atoms with E-state index in [2.05, 4.69) is 5.32 Å². The Morgan fingerprint density at radius 3 is 2.35 bits per heavy atom. The quantitative estimate of drug-likeness (QED) is 0.407. The number of amides is 2. The monoisotopic (exact) mass is 551 g/mol. The van der Waals surface area contributed by atoms with E-state index in [-0.39, 0.29) is 43.8 Å². The van der Waals surface area contributed by atoms with Gasteiger partial charge in [-0.1, -0.05) is 49.6 Å². The third-order valence-corrected chi connectivity index (χ3v) is 8.22. The Morgan fingerprint density at radius 2 is 1.76 bits per heavy atom. The van der Waals surface area contributed by atoms with Crippen LogP contribution in [0.15, 0.2) is 48.5 Å². The average Bonchev–Trinajstić information content (AvgIpc) is 3.36. The molecule has 0 unspecified atom stereocenters. The van der Waals surface area contributed by atoms with Crippen LogP contribution in [0.4, 0.5) is 10.1 Å². The van der Waals surface area contributed by atoms with Crippen LogP contribution in [-0.4, -0.2) is 50.0 Å². The number of hydrogen-bond donors (Lipinski definition) is 1. The Bertz CT molecular complexity index is 1170. The van der Waals surface area contributed by atoms with E-state index in [9.17, 15) is 22.4 Å². The first-order valence-corrected chi connectivity index (χ1v) is 14.9. The highest BCUT2D eigenvalue weighted by molar-refractivity contribution is 7.92. The zero-order chi connectivity index (χ0) is 27.0. The molecule has 0 radical (unpaired) electrons. The minimum atomic E-state index is -3.65. The summed E-state index contributed by atoms with van der Waals surface area (Å²) in [5.41, 5.74) is 1.06. The predicted molar refractivity (Wildman–Crippen MR) is 144 cm³/mol. The van der Waals surface area contributed by atoms with Crippen LogP contribution in [0.25, 0.3) is 0 Å². The highest BCUT2D eigenvalue weighted by Gasteiger charge is 2.31. The molecule has 0 aromatic heterocycles. The summed E-state index contributed by atoms with van der Waals surface area (Å²) in [7, 11) is -3.65. The second-order valence-electron chi connectivity index (χ2n) is 9.44. The lowest BCUT2D eigenvalue weighted by Crippen LogP contribution is -2.51. The van der Waals surface area contributed by atoms with E-state index >= 15 is 0 Å². The number of carbonyl (C=O) groups is 2. The maximum atomic E-state index is 13.5. The van der Waals surface area contributed by atoms with Crippen molar-refractivity contribution < 1.29 is 22.4 Å². The molecule has 0 aliphatic heterocycles. The summed E-state index contributed by atoms with van der Waals surface area (Å²) < 4.78 is 39.3. The summed E-state index contributed by atoms with van der Waals surface area (Å²) in [6.45, 7) is 2.08. The van der Waals surface area contributed by atoms with Gasteiger partial charge in [0.1, 0.15) is 11.9 Å². The standard InChI is InChI=1S/C27H35ClFN3O4S/c1-3-25(27(34)30-22-10-5-6-11-22)31(19-20-9-4-7-12-24(20)28)26(33)13-8-18-32(37(2,35)36)23-16-14-21(29)15-17-23/h4,7,9,12,14-17,22,25H,3,5-6,8,10-11,13,18-19H2,1-2H3,(H,30,34)/t25-/m1/s1. The summed E-state index contributed by atoms with van der Waals surface area (Å²) in [4.78, 5) is 28.3. The number of hydrogen-bond acceptors (Lipinski definition) is 4. The van der Waals surface area contributed by atoms with Gasteiger partial charge in [-0.3, -0.25) is 13.9 Å². The highest BCUT2D eigenvalue weighted by atomic mass is 35.5. The molecule has 0 saturated heterocycles. The number of nitrogens with zero attached hydrogens (tertiary/aromatic N) is 2. The fourth-order valence-corrected chi connectivity index (χ4v) is 5.87. The maximum absolute atomic E-state index is 13.5. The number of sulfonamides is 1. The fraction of sp³-hybridized carbons (Fsp3) is 0.481. The van der Waals surface area contributed by atoms with Gasteiger partial charge in [0, 0.05) is 30.6 Å². The smallest absolute Gasteiger partial charge is 0.243 e. The topological polar surface area (TPSA) is 86.8 Å². The Labute approximate surface area is 224 Å². The number of carbonyl (C=O) groups excluding carboxylic acids is 2. The predicted octanol–water partition coefficient (Wildman–Crippen LogP) is 4.89. The van der Waals surface area contributed by atoms with E-state index in [1.807, 2.05) is 19.1 Å². The molecule has 202 valence electrons. The van der Waals surface area contributed by atoms with E-state index in [4.69, 9.17) is 11.6 Å². The molecular formula is C27H35ClFN3O4S. The molecule has 10 heteroatoms. The van der Waals surface area contributed by atoms with Crippen LogP contribution in [0.2, 0.25) is 5.02 Å². The van der Waals surface area contributed by atoms with Gasteiger partial charge in [0.05, 0.1) is 11.9 Å². The average molecular weight is 552 g/mol. The first kappa shape index (κ1) is 28.9. The minimum absolute atomic E-state index is 0.0326. The van der Waals surface area contributed by atoms with Crippen LogP contribution in [0.1, 0.15) is 57.4 Å². The van der Waals surface area contributed by atoms with Crippen molar-refractivity contribution in [2.45, 2.75) is 70.5 Å². The van der Waals surface area contributed by atoms with Crippen molar-refractivity contribution in [1.82, 2.24) is 10.2 Å². The number of nitrogens with one attached hydrogen (secondary N) is 1. The van der Waals surface area contributed by atoms with Crippen molar-refractivity contribution in [2.24, 2.45) is 0 Å². The lowest BCUT2D eigenvalue weighted by molar-refractivity contribution is -0.141. The van der Waals surface area contributed by atoms with Crippen LogP contribution >= 0.6 is 11.6 Å². The number of benzene rings is 2. The van der Waals surface area contributed by atoms with Crippen LogP contribution < -0.4 is 9.62 Å². The first-order chi connectivity index (χ1) is 17.6. The molecule has 1 fully saturated rings. The number of rotatable bonds is 12. The molecule has 2 aromatic rings. The third kappa shape index (κ3) is 8.17. The van der Waals surface area contributed by atoms with Crippen molar-refractivity contribution >= 4 is 39.1 Å². The van der Waals surface area contributed by atoms with Crippen LogP contribution in [0.5, 0.6) is 0 Å². The summed E-state index contributed by atoms with van der Waals surface area (Å²) >= 11 is 6.37. The second-order valence-corrected chi connectivity index (χ2v) is 11.8. The molecule has 1 aliphatic rings. The van der Waals surface area contributed by atoms with Crippen molar-refractivity contribution in [3.05, 3.63) is 64.9 Å². The molecule has 0 heterocycles. The van der Waals surface area contributed by atoms with E-state index in [1.165, 1.54) is 24.3 Å². The summed E-state index contributed by atoms with van der Waals surface area (Å²) in [5, 5.41) is 3.61. The van der Waals surface area contributed by atoms with Gasteiger partial charge in [0.2, 0.25) is 21.8 Å². The molecular weight excluding hydrogens is 517 g/mol. The van der Waals surface area contributed by atoms with Crippen LogP contribution in [0.3, 0.4) is 0 Å². The molecule has 1 aliphatic carbocycles. The Balaban J connectivity index is 1.76. The van der Waals surface area contributed by atoms with E-state index in [0.29, 0.717) is 17.1 Å². The zero-order valence-corrected chi connectivity index (χ0v) is 22.9. The molecule has 0 spiro atoms. The number of halogens is 2. The van der Waals surface area contributed by atoms with E-state index in [0.717, 1.165) is 41.8 Å². The van der Waals surface area contributed by atoms with Crippen LogP contribution in [-0.2, 0) is 26.2 Å². The maximum Gasteiger partial charge on any atom is 0.243 e. The molecule has 37 heavy (non-hydrogen) atoms. The summed E-state index contributed by atoms with van der Waals surface area (Å²) in [6, 6.07) is 11.8. The Morgan fingerprint density at radius 1 is 1.11 bits per heavy atom. The van der Waals surface area contributed by atoms with Crippen molar-refractivity contribution in [3.8, 4) is 0 Å². The van der Waals surface area contributed by atoms with E-state index < -0.39 is 21.9 Å². The minimum Gasteiger partial charge on any atom is -0.352 e. The van der Waals surface area contributed by atoms with Gasteiger partial charge in [-0.05, 0) is 61.6 Å². The second kappa shape index (κ2) is 13.2. The molecule has 7 nitrogen and oxygen atoms in total. The van der Waals surface area contributed by atoms with Gasteiger partial charge >= 0.3 is 0 Å². The lowest BCUT2D eigenvalue weighted by atomic mass is 10.1. The molecule has 1 N–H and O–H groups in total. The largest absolute Gasteiger partial charge is 0.352 e. The highest BCUT2D eigenvalue weighted by Crippen LogP contribution is 2.23. The zero-order valence-electron chi connectivity index (χ0n) is 21.3. The van der Waals surface area contributed by atoms with Gasteiger partial charge in [-0.25, -0.2) is 12.8 Å². The number of anilines is 1. The van der Waals surface area contributed by atoms with Crippen molar-refractivity contribution in [3.63, 3.8) is 0 Å². The molecule has 1 atom stereocenters. The van der Waals surface area contributed by atoms with Crippen LogP contribution in [0, 0.1) is 5.82 Å². The summed E-state index contributed by atoms with van der Waals surface area (Å²) in [6.07, 6.45) is 5.79. The van der Waals surface area contributed by atoms with Crippen molar-refractivity contribution in [2.75, 3.05) is 17.1 Å². The molecule has 0 bridgehead atoms. The molecule has 1 saturated carbocycles. The van der Waals surface area contributed by atoms with E-state index in [1.54, 1.807) is 17.0 Å². The van der Waals surface area contributed by atoms with Gasteiger partial charge in [0.25, 0.3) is 0 Å². The Hall–Kier alpha value is -2.65. The van der Waals surface area contributed by atoms with Gasteiger partial charge < -0.3 is 10.2 Å². The lowest BCUT2D eigenvalue weighted by Gasteiger charge is -2.32. The van der Waals surface area contributed by atoms with Gasteiger partial charge in [0.15, 0.2) is 0 Å². The normalized spacial score (nSPS) is 14.8. The molecule has 2 aromatic carbocycles. The summed E-state index contributed by atoms with van der Waals surface area (Å²) in [5.74, 6) is -0.913. The van der Waals surface area contributed by atoms with Gasteiger partial charge in [-0.2, -0.15) is 0 Å². The first-order valence-electron chi connectivity index (χ1n) is 12.7. The fourth-order valence-electron chi connectivity index (χ4n) is 4.71.